The summed E-state index contributed by atoms with van der Waals surface area (Å²) in [5.41, 5.74) is 0.555. The normalized spacial score (nSPS) is 18.5. The number of hydrogen-bond donors (Lipinski definition) is 0. The first kappa shape index (κ1) is 12.4. The van der Waals surface area contributed by atoms with E-state index in [1.165, 1.54) is 0 Å². The van der Waals surface area contributed by atoms with Gasteiger partial charge in [0.2, 0.25) is 5.91 Å². The molecule has 0 saturated carbocycles. The summed E-state index contributed by atoms with van der Waals surface area (Å²) < 4.78 is 0. The van der Waals surface area contributed by atoms with Crippen molar-refractivity contribution in [2.45, 2.75) is 6.42 Å². The van der Waals surface area contributed by atoms with Gasteiger partial charge in [-0.3, -0.25) is 4.79 Å². The number of pyridine rings is 1. The SMILES string of the molecule is CN(C)C(=O)C1CCN(c2ccc(C#N)cn2)C1. The lowest BCUT2D eigenvalue weighted by molar-refractivity contribution is -0.132. The Morgan fingerprint density at radius 2 is 2.33 bits per heavy atom. The first-order chi connectivity index (χ1) is 8.61. The third-order valence-corrected chi connectivity index (χ3v) is 3.18. The van der Waals surface area contributed by atoms with E-state index in [1.807, 2.05) is 12.1 Å². The van der Waals surface area contributed by atoms with Crippen molar-refractivity contribution in [2.75, 3.05) is 32.1 Å². The molecule has 0 bridgehead atoms. The topological polar surface area (TPSA) is 60.2 Å². The van der Waals surface area contributed by atoms with Crippen LogP contribution in [0.1, 0.15) is 12.0 Å². The van der Waals surface area contributed by atoms with Crippen LogP contribution < -0.4 is 4.90 Å². The quantitative estimate of drug-likeness (QED) is 0.774. The summed E-state index contributed by atoms with van der Waals surface area (Å²) >= 11 is 0. The standard InChI is InChI=1S/C13H16N4O/c1-16(2)13(18)11-5-6-17(9-11)12-4-3-10(7-14)8-15-12/h3-4,8,11H,5-6,9H2,1-2H3. The van der Waals surface area contributed by atoms with Gasteiger partial charge in [-0.1, -0.05) is 0 Å². The van der Waals surface area contributed by atoms with Crippen LogP contribution in [-0.2, 0) is 4.79 Å². The van der Waals surface area contributed by atoms with Crippen LogP contribution in [-0.4, -0.2) is 43.0 Å². The number of nitriles is 1. The number of nitrogens with zero attached hydrogens (tertiary/aromatic N) is 4. The molecule has 2 rings (SSSR count). The van der Waals surface area contributed by atoms with Crippen molar-refractivity contribution in [2.24, 2.45) is 5.92 Å². The molecule has 1 atom stereocenters. The number of carbonyl (C=O) groups excluding carboxylic acids is 1. The van der Waals surface area contributed by atoms with Crippen molar-refractivity contribution in [3.8, 4) is 6.07 Å². The Balaban J connectivity index is 2.04. The number of carbonyl (C=O) groups is 1. The largest absolute Gasteiger partial charge is 0.356 e. The number of aromatic nitrogens is 1. The van der Waals surface area contributed by atoms with Crippen LogP contribution in [0.15, 0.2) is 18.3 Å². The zero-order valence-electron chi connectivity index (χ0n) is 10.6. The minimum Gasteiger partial charge on any atom is -0.356 e. The Hall–Kier alpha value is -2.09. The third-order valence-electron chi connectivity index (χ3n) is 3.18. The van der Waals surface area contributed by atoms with Crippen molar-refractivity contribution in [3.63, 3.8) is 0 Å². The highest BCUT2D eigenvalue weighted by Crippen LogP contribution is 2.23. The molecule has 1 aromatic rings. The second-order valence-electron chi connectivity index (χ2n) is 4.68. The maximum Gasteiger partial charge on any atom is 0.227 e. The second kappa shape index (κ2) is 5.05. The van der Waals surface area contributed by atoms with Gasteiger partial charge in [0.05, 0.1) is 11.5 Å². The summed E-state index contributed by atoms with van der Waals surface area (Å²) in [5.74, 6) is 1.06. The lowest BCUT2D eigenvalue weighted by Gasteiger charge is -2.18. The van der Waals surface area contributed by atoms with E-state index in [4.69, 9.17) is 5.26 Å². The summed E-state index contributed by atoms with van der Waals surface area (Å²) in [6, 6.07) is 5.63. The van der Waals surface area contributed by atoms with Gasteiger partial charge in [-0.25, -0.2) is 4.98 Å². The summed E-state index contributed by atoms with van der Waals surface area (Å²) in [4.78, 5) is 19.8. The highest BCUT2D eigenvalue weighted by Gasteiger charge is 2.29. The molecule has 2 heterocycles. The van der Waals surface area contributed by atoms with E-state index >= 15 is 0 Å². The molecule has 0 spiro atoms. The molecule has 1 aliphatic rings. The molecule has 5 heteroatoms. The number of anilines is 1. The van der Waals surface area contributed by atoms with E-state index in [9.17, 15) is 4.79 Å². The van der Waals surface area contributed by atoms with Crippen LogP contribution in [0.4, 0.5) is 5.82 Å². The highest BCUT2D eigenvalue weighted by atomic mass is 16.2. The van der Waals surface area contributed by atoms with Crippen molar-refractivity contribution in [1.29, 1.82) is 5.26 Å². The zero-order chi connectivity index (χ0) is 13.1. The summed E-state index contributed by atoms with van der Waals surface area (Å²) in [6.45, 7) is 1.54. The molecule has 0 radical (unpaired) electrons. The fraction of sp³-hybridized carbons (Fsp3) is 0.462. The predicted molar refractivity (Wildman–Crippen MR) is 68.0 cm³/mol. The molecule has 1 amide bonds. The van der Waals surface area contributed by atoms with Gasteiger partial charge in [0.1, 0.15) is 11.9 Å². The van der Waals surface area contributed by atoms with Crippen LogP contribution in [0, 0.1) is 17.2 Å². The van der Waals surface area contributed by atoms with Gasteiger partial charge in [-0.2, -0.15) is 5.26 Å². The van der Waals surface area contributed by atoms with Gasteiger partial charge >= 0.3 is 0 Å². The minimum absolute atomic E-state index is 0.0532. The molecule has 94 valence electrons. The first-order valence-electron chi connectivity index (χ1n) is 5.94. The van der Waals surface area contributed by atoms with Crippen molar-refractivity contribution >= 4 is 11.7 Å². The van der Waals surface area contributed by atoms with E-state index in [1.54, 1.807) is 31.3 Å². The Bertz CT molecular complexity index is 475. The summed E-state index contributed by atoms with van der Waals surface area (Å²) in [5, 5.41) is 8.72. The maximum atomic E-state index is 11.9. The van der Waals surface area contributed by atoms with Crippen LogP contribution in [0.2, 0.25) is 0 Å². The Labute approximate surface area is 107 Å². The van der Waals surface area contributed by atoms with Crippen molar-refractivity contribution < 1.29 is 4.79 Å². The van der Waals surface area contributed by atoms with E-state index in [2.05, 4.69) is 9.88 Å². The van der Waals surface area contributed by atoms with Crippen LogP contribution in [0.3, 0.4) is 0 Å². The van der Waals surface area contributed by atoms with E-state index in [0.717, 1.165) is 18.8 Å². The molecule has 5 nitrogen and oxygen atoms in total. The van der Waals surface area contributed by atoms with E-state index in [0.29, 0.717) is 12.1 Å². The Morgan fingerprint density at radius 1 is 1.56 bits per heavy atom. The van der Waals surface area contributed by atoms with Crippen LogP contribution in [0.25, 0.3) is 0 Å². The van der Waals surface area contributed by atoms with E-state index < -0.39 is 0 Å². The lowest BCUT2D eigenvalue weighted by atomic mass is 10.1. The predicted octanol–water partition coefficient (Wildman–Crippen LogP) is 0.868. The molecular formula is C13H16N4O. The first-order valence-corrected chi connectivity index (χ1v) is 5.94. The molecule has 1 saturated heterocycles. The van der Waals surface area contributed by atoms with Gasteiger partial charge in [0.25, 0.3) is 0 Å². The summed E-state index contributed by atoms with van der Waals surface area (Å²) in [7, 11) is 3.57. The fourth-order valence-corrected chi connectivity index (χ4v) is 2.17. The van der Waals surface area contributed by atoms with E-state index in [-0.39, 0.29) is 11.8 Å². The van der Waals surface area contributed by atoms with Crippen LogP contribution in [0.5, 0.6) is 0 Å². The molecule has 1 fully saturated rings. The van der Waals surface area contributed by atoms with Gasteiger partial charge in [-0.05, 0) is 18.6 Å². The van der Waals surface area contributed by atoms with Gasteiger partial charge < -0.3 is 9.80 Å². The maximum absolute atomic E-state index is 11.9. The summed E-state index contributed by atoms with van der Waals surface area (Å²) in [6.07, 6.45) is 2.43. The average Bonchev–Trinajstić information content (AvgIpc) is 2.87. The Morgan fingerprint density at radius 3 is 2.89 bits per heavy atom. The lowest BCUT2D eigenvalue weighted by Crippen LogP contribution is -2.32. The third kappa shape index (κ3) is 2.43. The molecular weight excluding hydrogens is 228 g/mol. The molecule has 1 aromatic heterocycles. The number of amides is 1. The zero-order valence-corrected chi connectivity index (χ0v) is 10.6. The average molecular weight is 244 g/mol. The minimum atomic E-state index is 0.0532. The molecule has 1 unspecified atom stereocenters. The van der Waals surface area contributed by atoms with Gasteiger partial charge in [0.15, 0.2) is 0 Å². The molecule has 0 aromatic carbocycles. The molecule has 0 N–H and O–H groups in total. The number of hydrogen-bond acceptors (Lipinski definition) is 4. The smallest absolute Gasteiger partial charge is 0.227 e. The monoisotopic (exact) mass is 244 g/mol. The fourth-order valence-electron chi connectivity index (χ4n) is 2.17. The number of rotatable bonds is 2. The molecule has 0 aliphatic carbocycles. The second-order valence-corrected chi connectivity index (χ2v) is 4.68. The van der Waals surface area contributed by atoms with Crippen LogP contribution >= 0.6 is 0 Å². The van der Waals surface area contributed by atoms with Gasteiger partial charge in [0, 0.05) is 33.4 Å². The van der Waals surface area contributed by atoms with Crippen molar-refractivity contribution in [3.05, 3.63) is 23.9 Å². The highest BCUT2D eigenvalue weighted by molar-refractivity contribution is 5.79. The van der Waals surface area contributed by atoms with Crippen molar-refractivity contribution in [1.82, 2.24) is 9.88 Å². The Kier molecular flexibility index (Phi) is 3.47. The van der Waals surface area contributed by atoms with Gasteiger partial charge in [-0.15, -0.1) is 0 Å². The molecule has 18 heavy (non-hydrogen) atoms. The molecule has 1 aliphatic heterocycles.